The maximum atomic E-state index is 12.4. The van der Waals surface area contributed by atoms with Crippen LogP contribution in [0.5, 0.6) is 0 Å². The average Bonchev–Trinajstić information content (AvgIpc) is 2.44. The summed E-state index contributed by atoms with van der Waals surface area (Å²) in [4.78, 5) is 25.4. The van der Waals surface area contributed by atoms with E-state index in [2.05, 4.69) is 6.92 Å². The number of amides is 1. The first kappa shape index (κ1) is 16.3. The summed E-state index contributed by atoms with van der Waals surface area (Å²) < 4.78 is 5.50. The second-order valence-electron chi connectivity index (χ2n) is 6.36. The molecule has 2 unspecified atom stereocenters. The number of carbonyl (C=O) groups is 2. The molecule has 5 heteroatoms. The van der Waals surface area contributed by atoms with Crippen molar-refractivity contribution in [1.82, 2.24) is 4.90 Å². The molecule has 1 saturated heterocycles. The Morgan fingerprint density at radius 2 is 1.90 bits per heavy atom. The molecule has 0 aromatic rings. The number of aliphatic carboxylic acids is 1. The third-order valence-electron chi connectivity index (χ3n) is 4.95. The number of carboxylic acid groups (broad SMARTS) is 1. The third-order valence-corrected chi connectivity index (χ3v) is 4.95. The summed E-state index contributed by atoms with van der Waals surface area (Å²) >= 11 is 0. The Bertz CT molecular complexity index is 378. The fraction of sp³-hybridized carbons (Fsp3) is 0.875. The topological polar surface area (TPSA) is 66.8 Å². The molecule has 0 aromatic heterocycles. The molecule has 1 aliphatic heterocycles. The van der Waals surface area contributed by atoms with Crippen LogP contribution >= 0.6 is 0 Å². The number of likely N-dealkylation sites (tertiary alicyclic amines) is 1. The van der Waals surface area contributed by atoms with Crippen LogP contribution in [0.1, 0.15) is 52.4 Å². The first-order chi connectivity index (χ1) is 10.0. The van der Waals surface area contributed by atoms with Crippen LogP contribution in [0.3, 0.4) is 0 Å². The minimum Gasteiger partial charge on any atom is -0.480 e. The van der Waals surface area contributed by atoms with Crippen molar-refractivity contribution in [2.24, 2.45) is 11.8 Å². The van der Waals surface area contributed by atoms with Crippen molar-refractivity contribution in [3.8, 4) is 0 Å². The van der Waals surface area contributed by atoms with E-state index in [1.807, 2.05) is 6.92 Å². The maximum absolute atomic E-state index is 12.4. The molecule has 2 aliphatic rings. The predicted molar refractivity (Wildman–Crippen MR) is 78.9 cm³/mol. The maximum Gasteiger partial charge on any atom is 0.326 e. The van der Waals surface area contributed by atoms with Gasteiger partial charge in [-0.25, -0.2) is 4.79 Å². The summed E-state index contributed by atoms with van der Waals surface area (Å²) in [6, 6.07) is -0.626. The highest BCUT2D eigenvalue weighted by Gasteiger charge is 2.38. The van der Waals surface area contributed by atoms with E-state index in [0.29, 0.717) is 37.3 Å². The number of hydrogen-bond acceptors (Lipinski definition) is 3. The summed E-state index contributed by atoms with van der Waals surface area (Å²) in [5, 5.41) is 9.37. The van der Waals surface area contributed by atoms with Gasteiger partial charge in [0.05, 0.1) is 6.10 Å². The molecule has 120 valence electrons. The van der Waals surface area contributed by atoms with Gasteiger partial charge in [0.15, 0.2) is 0 Å². The zero-order valence-corrected chi connectivity index (χ0v) is 13.1. The van der Waals surface area contributed by atoms with E-state index < -0.39 is 12.0 Å². The number of hydrogen-bond donors (Lipinski definition) is 1. The highest BCUT2D eigenvalue weighted by atomic mass is 16.5. The molecule has 5 nitrogen and oxygen atoms in total. The summed E-state index contributed by atoms with van der Waals surface area (Å²) in [5.41, 5.74) is 0. The largest absolute Gasteiger partial charge is 0.480 e. The van der Waals surface area contributed by atoms with E-state index in [1.54, 1.807) is 4.90 Å². The van der Waals surface area contributed by atoms with Gasteiger partial charge in [-0.05, 0) is 44.4 Å². The Morgan fingerprint density at radius 3 is 2.48 bits per heavy atom. The molecule has 0 spiro atoms. The summed E-state index contributed by atoms with van der Waals surface area (Å²) in [5.74, 6) is -0.0483. The molecule has 2 atom stereocenters. The van der Waals surface area contributed by atoms with E-state index >= 15 is 0 Å². The fourth-order valence-electron chi connectivity index (χ4n) is 3.52. The smallest absolute Gasteiger partial charge is 0.326 e. The minimum absolute atomic E-state index is 0.0110. The van der Waals surface area contributed by atoms with Gasteiger partial charge in [0, 0.05) is 19.6 Å². The lowest BCUT2D eigenvalue weighted by molar-refractivity contribution is -0.154. The van der Waals surface area contributed by atoms with Gasteiger partial charge in [-0.15, -0.1) is 0 Å². The lowest BCUT2D eigenvalue weighted by Crippen LogP contribution is -2.51. The number of carboxylic acids is 1. The van der Waals surface area contributed by atoms with Gasteiger partial charge in [-0.3, -0.25) is 4.79 Å². The second-order valence-corrected chi connectivity index (χ2v) is 6.36. The number of carbonyl (C=O) groups excluding carboxylic acids is 1. The molecule has 0 bridgehead atoms. The second kappa shape index (κ2) is 7.25. The highest BCUT2D eigenvalue weighted by molar-refractivity contribution is 5.84. The van der Waals surface area contributed by atoms with Gasteiger partial charge >= 0.3 is 5.97 Å². The monoisotopic (exact) mass is 297 g/mol. The van der Waals surface area contributed by atoms with E-state index in [4.69, 9.17) is 4.74 Å². The van der Waals surface area contributed by atoms with E-state index in [1.165, 1.54) is 0 Å². The van der Waals surface area contributed by atoms with Gasteiger partial charge in [-0.1, -0.05) is 13.3 Å². The Morgan fingerprint density at radius 1 is 1.19 bits per heavy atom. The molecule has 2 fully saturated rings. The van der Waals surface area contributed by atoms with Crippen LogP contribution in [-0.4, -0.2) is 47.2 Å². The van der Waals surface area contributed by atoms with Crippen LogP contribution in [0, 0.1) is 11.8 Å². The van der Waals surface area contributed by atoms with Crippen molar-refractivity contribution in [2.45, 2.75) is 64.5 Å². The zero-order valence-electron chi connectivity index (χ0n) is 13.1. The van der Waals surface area contributed by atoms with Gasteiger partial charge in [0.1, 0.15) is 6.04 Å². The number of nitrogens with zero attached hydrogens (tertiary/aromatic N) is 1. The van der Waals surface area contributed by atoms with E-state index in [-0.39, 0.29) is 5.91 Å². The average molecular weight is 297 g/mol. The van der Waals surface area contributed by atoms with Gasteiger partial charge in [-0.2, -0.15) is 0 Å². The van der Waals surface area contributed by atoms with Crippen LogP contribution in [-0.2, 0) is 14.3 Å². The van der Waals surface area contributed by atoms with E-state index in [0.717, 1.165) is 32.3 Å². The van der Waals surface area contributed by atoms with Gasteiger partial charge in [0.2, 0.25) is 5.91 Å². The molecule has 0 aromatic carbocycles. The van der Waals surface area contributed by atoms with Crippen LogP contribution in [0.4, 0.5) is 0 Å². The zero-order chi connectivity index (χ0) is 15.4. The molecule has 21 heavy (non-hydrogen) atoms. The molecular weight excluding hydrogens is 270 g/mol. The lowest BCUT2D eigenvalue weighted by atomic mass is 9.79. The number of ether oxygens (including phenoxy) is 1. The molecule has 0 radical (unpaired) electrons. The van der Waals surface area contributed by atoms with Gasteiger partial charge in [0.25, 0.3) is 0 Å². The summed E-state index contributed by atoms with van der Waals surface area (Å²) in [7, 11) is 0. The molecule has 1 saturated carbocycles. The van der Waals surface area contributed by atoms with E-state index in [9.17, 15) is 14.7 Å². The minimum atomic E-state index is -0.859. The Labute approximate surface area is 126 Å². The van der Waals surface area contributed by atoms with Crippen LogP contribution in [0.25, 0.3) is 0 Å². The van der Waals surface area contributed by atoms with Crippen molar-refractivity contribution in [2.75, 3.05) is 13.2 Å². The van der Waals surface area contributed by atoms with Crippen LogP contribution in [0.15, 0.2) is 0 Å². The third kappa shape index (κ3) is 3.96. The normalized spacial score (nSPS) is 32.6. The molecule has 2 rings (SSSR count). The molecule has 1 N–H and O–H groups in total. The highest BCUT2D eigenvalue weighted by Crippen LogP contribution is 2.34. The predicted octanol–water partition coefficient (Wildman–Crippen LogP) is 2.29. The standard InChI is InChI=1S/C16H27NO4/c1-3-11-5-6-17(14(9-11)16(19)20)15(18)10-12-7-13(8-12)21-4-2/h11-14H,3-10H2,1-2H3,(H,19,20). The Kier molecular flexibility index (Phi) is 5.62. The van der Waals surface area contributed by atoms with Crippen molar-refractivity contribution in [1.29, 1.82) is 0 Å². The van der Waals surface area contributed by atoms with Crippen molar-refractivity contribution in [3.05, 3.63) is 0 Å². The van der Waals surface area contributed by atoms with Crippen molar-refractivity contribution in [3.63, 3.8) is 0 Å². The first-order valence-electron chi connectivity index (χ1n) is 8.18. The Hall–Kier alpha value is -1.10. The molecular formula is C16H27NO4. The summed E-state index contributed by atoms with van der Waals surface area (Å²) in [6.07, 6.45) is 5.16. The number of piperidine rings is 1. The fourth-order valence-corrected chi connectivity index (χ4v) is 3.52. The quantitative estimate of drug-likeness (QED) is 0.817. The van der Waals surface area contributed by atoms with Crippen molar-refractivity contribution >= 4 is 11.9 Å². The SMILES string of the molecule is CCOC1CC(CC(=O)N2CCC(CC)CC2C(=O)O)C1. The Balaban J connectivity index is 1.85. The van der Waals surface area contributed by atoms with Crippen LogP contribution < -0.4 is 0 Å². The lowest BCUT2D eigenvalue weighted by Gasteiger charge is -2.40. The number of rotatable bonds is 6. The first-order valence-corrected chi connectivity index (χ1v) is 8.18. The van der Waals surface area contributed by atoms with Crippen LogP contribution in [0.2, 0.25) is 0 Å². The van der Waals surface area contributed by atoms with Crippen molar-refractivity contribution < 1.29 is 19.4 Å². The van der Waals surface area contributed by atoms with Gasteiger partial charge < -0.3 is 14.7 Å². The summed E-state index contributed by atoms with van der Waals surface area (Å²) in [6.45, 7) is 5.38. The molecule has 1 amide bonds. The molecule has 1 aliphatic carbocycles. The molecule has 1 heterocycles.